The zero-order valence-electron chi connectivity index (χ0n) is 6.79. The third kappa shape index (κ3) is 1.25. The molecule has 0 amide bonds. The van der Waals surface area contributed by atoms with Crippen molar-refractivity contribution >= 4 is 11.6 Å². The van der Waals surface area contributed by atoms with Crippen molar-refractivity contribution in [2.75, 3.05) is 0 Å². The summed E-state index contributed by atoms with van der Waals surface area (Å²) in [6.07, 6.45) is 5.34. The molecule has 2 nitrogen and oxygen atoms in total. The van der Waals surface area contributed by atoms with Crippen molar-refractivity contribution in [2.24, 2.45) is 11.7 Å². The summed E-state index contributed by atoms with van der Waals surface area (Å²) in [5.41, 5.74) is 6.96. The molecule has 1 aliphatic rings. The lowest BCUT2D eigenvalue weighted by atomic mass is 9.78. The van der Waals surface area contributed by atoms with Gasteiger partial charge in [-0.05, 0) is 36.4 Å². The Bertz CT molecular complexity index is 267. The van der Waals surface area contributed by atoms with E-state index in [2.05, 4.69) is 0 Å². The number of furan rings is 1. The Morgan fingerprint density at radius 2 is 2.33 bits per heavy atom. The number of hydrogen-bond acceptors (Lipinski definition) is 2. The van der Waals surface area contributed by atoms with Crippen LogP contribution in [-0.2, 0) is 0 Å². The van der Waals surface area contributed by atoms with Gasteiger partial charge in [0.1, 0.15) is 0 Å². The van der Waals surface area contributed by atoms with E-state index in [9.17, 15) is 0 Å². The van der Waals surface area contributed by atoms with Crippen LogP contribution in [0, 0.1) is 5.92 Å². The minimum atomic E-state index is 0.0741. The molecule has 1 aromatic rings. The maximum atomic E-state index is 6.00. The van der Waals surface area contributed by atoms with Gasteiger partial charge in [-0.2, -0.15) is 0 Å². The molecule has 0 spiro atoms. The van der Waals surface area contributed by atoms with Gasteiger partial charge in [0.2, 0.25) is 0 Å². The lowest BCUT2D eigenvalue weighted by molar-refractivity contribution is 0.263. The standard InChI is InChI=1S/C9H12ClNO/c10-9-7(4-5-12-9)8(11)6-2-1-3-6/h4-6,8H,1-3,11H2. The van der Waals surface area contributed by atoms with E-state index >= 15 is 0 Å². The summed E-state index contributed by atoms with van der Waals surface area (Å²) in [5, 5.41) is 0.453. The summed E-state index contributed by atoms with van der Waals surface area (Å²) in [4.78, 5) is 0. The van der Waals surface area contributed by atoms with Gasteiger partial charge in [0.15, 0.2) is 5.22 Å². The first-order valence-electron chi connectivity index (χ1n) is 4.27. The van der Waals surface area contributed by atoms with Crippen LogP contribution in [0.4, 0.5) is 0 Å². The van der Waals surface area contributed by atoms with Crippen LogP contribution in [0.2, 0.25) is 5.22 Å². The molecule has 0 aromatic carbocycles. The first-order valence-corrected chi connectivity index (χ1v) is 4.65. The zero-order valence-corrected chi connectivity index (χ0v) is 7.55. The summed E-state index contributed by atoms with van der Waals surface area (Å²) < 4.78 is 4.99. The fraction of sp³-hybridized carbons (Fsp3) is 0.556. The van der Waals surface area contributed by atoms with Crippen LogP contribution in [0.3, 0.4) is 0 Å². The third-order valence-corrected chi connectivity index (χ3v) is 2.97. The van der Waals surface area contributed by atoms with Gasteiger partial charge in [0, 0.05) is 11.6 Å². The third-order valence-electron chi connectivity index (χ3n) is 2.66. The Hall–Kier alpha value is -0.470. The normalized spacial score (nSPS) is 20.5. The lowest BCUT2D eigenvalue weighted by Crippen LogP contribution is -2.26. The van der Waals surface area contributed by atoms with Gasteiger partial charge < -0.3 is 10.2 Å². The quantitative estimate of drug-likeness (QED) is 0.770. The highest BCUT2D eigenvalue weighted by Crippen LogP contribution is 2.38. The van der Waals surface area contributed by atoms with E-state index in [1.165, 1.54) is 19.3 Å². The second-order valence-corrected chi connectivity index (χ2v) is 3.71. The molecule has 0 saturated heterocycles. The highest BCUT2D eigenvalue weighted by molar-refractivity contribution is 6.29. The maximum absolute atomic E-state index is 6.00. The molecule has 1 heterocycles. The van der Waals surface area contributed by atoms with Crippen molar-refractivity contribution in [1.29, 1.82) is 0 Å². The Morgan fingerprint density at radius 3 is 2.75 bits per heavy atom. The van der Waals surface area contributed by atoms with E-state index in [1.807, 2.05) is 6.07 Å². The van der Waals surface area contributed by atoms with Crippen molar-refractivity contribution in [3.8, 4) is 0 Å². The summed E-state index contributed by atoms with van der Waals surface area (Å²) in [6.45, 7) is 0. The molecule has 1 aliphatic carbocycles. The van der Waals surface area contributed by atoms with E-state index < -0.39 is 0 Å². The number of hydrogen-bond donors (Lipinski definition) is 1. The van der Waals surface area contributed by atoms with Gasteiger partial charge in [-0.1, -0.05) is 6.42 Å². The van der Waals surface area contributed by atoms with Crippen LogP contribution >= 0.6 is 11.6 Å². The molecular weight excluding hydrogens is 174 g/mol. The summed E-state index contributed by atoms with van der Waals surface area (Å²) in [7, 11) is 0. The molecule has 12 heavy (non-hydrogen) atoms. The molecule has 1 aromatic heterocycles. The predicted molar refractivity (Wildman–Crippen MR) is 48.0 cm³/mol. The average molecular weight is 186 g/mol. The number of halogens is 1. The van der Waals surface area contributed by atoms with Gasteiger partial charge in [-0.15, -0.1) is 0 Å². The molecule has 66 valence electrons. The van der Waals surface area contributed by atoms with Gasteiger partial charge in [0.25, 0.3) is 0 Å². The molecule has 1 saturated carbocycles. The van der Waals surface area contributed by atoms with E-state index in [-0.39, 0.29) is 6.04 Å². The molecule has 2 N–H and O–H groups in total. The van der Waals surface area contributed by atoms with Crippen molar-refractivity contribution in [1.82, 2.24) is 0 Å². The van der Waals surface area contributed by atoms with Crippen LogP contribution in [0.1, 0.15) is 30.9 Å². The van der Waals surface area contributed by atoms with Crippen LogP contribution in [-0.4, -0.2) is 0 Å². The maximum Gasteiger partial charge on any atom is 0.197 e. The lowest BCUT2D eigenvalue weighted by Gasteiger charge is -2.30. The second kappa shape index (κ2) is 3.11. The van der Waals surface area contributed by atoms with E-state index in [0.717, 1.165) is 5.56 Å². The van der Waals surface area contributed by atoms with Crippen molar-refractivity contribution < 1.29 is 4.42 Å². The molecular formula is C9H12ClNO. The Balaban J connectivity index is 2.13. The van der Waals surface area contributed by atoms with Crippen LogP contribution in [0.15, 0.2) is 16.7 Å². The minimum absolute atomic E-state index is 0.0741. The fourth-order valence-corrected chi connectivity index (χ4v) is 1.84. The highest BCUT2D eigenvalue weighted by Gasteiger charge is 2.27. The molecule has 2 rings (SSSR count). The molecule has 1 fully saturated rings. The molecule has 3 heteroatoms. The second-order valence-electron chi connectivity index (χ2n) is 3.37. The topological polar surface area (TPSA) is 39.2 Å². The van der Waals surface area contributed by atoms with Gasteiger partial charge in [0.05, 0.1) is 6.26 Å². The summed E-state index contributed by atoms with van der Waals surface area (Å²) in [6, 6.07) is 1.94. The highest BCUT2D eigenvalue weighted by atomic mass is 35.5. The SMILES string of the molecule is NC(c1ccoc1Cl)C1CCC1. The minimum Gasteiger partial charge on any atom is -0.453 e. The Morgan fingerprint density at radius 1 is 1.58 bits per heavy atom. The molecule has 1 unspecified atom stereocenters. The summed E-state index contributed by atoms with van der Waals surface area (Å²) in [5.74, 6) is 0.611. The van der Waals surface area contributed by atoms with Gasteiger partial charge >= 0.3 is 0 Å². The van der Waals surface area contributed by atoms with E-state index in [1.54, 1.807) is 6.26 Å². The van der Waals surface area contributed by atoms with Crippen molar-refractivity contribution in [3.63, 3.8) is 0 Å². The number of rotatable bonds is 2. The van der Waals surface area contributed by atoms with Gasteiger partial charge in [-0.25, -0.2) is 0 Å². The van der Waals surface area contributed by atoms with E-state index in [0.29, 0.717) is 11.1 Å². The smallest absolute Gasteiger partial charge is 0.197 e. The van der Waals surface area contributed by atoms with Crippen molar-refractivity contribution in [2.45, 2.75) is 25.3 Å². The zero-order chi connectivity index (χ0) is 8.55. The van der Waals surface area contributed by atoms with Crippen LogP contribution in [0.25, 0.3) is 0 Å². The Labute approximate surface area is 76.7 Å². The molecule has 1 atom stereocenters. The van der Waals surface area contributed by atoms with Crippen LogP contribution in [0.5, 0.6) is 0 Å². The Kier molecular flexibility index (Phi) is 2.11. The predicted octanol–water partition coefficient (Wildman–Crippen LogP) is 2.73. The number of nitrogens with two attached hydrogens (primary N) is 1. The molecule has 0 aliphatic heterocycles. The van der Waals surface area contributed by atoms with Gasteiger partial charge in [-0.3, -0.25) is 0 Å². The molecule has 0 bridgehead atoms. The fourth-order valence-electron chi connectivity index (χ4n) is 1.60. The first-order chi connectivity index (χ1) is 5.79. The van der Waals surface area contributed by atoms with Crippen molar-refractivity contribution in [3.05, 3.63) is 23.1 Å². The average Bonchev–Trinajstić information content (AvgIpc) is 2.31. The monoisotopic (exact) mass is 185 g/mol. The van der Waals surface area contributed by atoms with E-state index in [4.69, 9.17) is 21.8 Å². The largest absolute Gasteiger partial charge is 0.453 e. The molecule has 0 radical (unpaired) electrons. The first kappa shape index (κ1) is 8.14. The van der Waals surface area contributed by atoms with Crippen LogP contribution < -0.4 is 5.73 Å². The summed E-state index contributed by atoms with van der Waals surface area (Å²) >= 11 is 5.81.